The smallest absolute Gasteiger partial charge is 0.165 e. The van der Waals surface area contributed by atoms with E-state index in [-0.39, 0.29) is 11.3 Å². The minimum Gasteiger partial charge on any atom is -0.294 e. The van der Waals surface area contributed by atoms with Crippen molar-refractivity contribution in [2.45, 2.75) is 26.2 Å². The first kappa shape index (κ1) is 13.5. The van der Waals surface area contributed by atoms with Crippen LogP contribution in [0.3, 0.4) is 0 Å². The number of carbonyl (C=O) groups is 1. The van der Waals surface area contributed by atoms with Crippen LogP contribution in [0.25, 0.3) is 11.1 Å². The summed E-state index contributed by atoms with van der Waals surface area (Å²) >= 11 is 0. The van der Waals surface area contributed by atoms with Gasteiger partial charge in [-0.15, -0.1) is 0 Å². The van der Waals surface area contributed by atoms with Gasteiger partial charge in [-0.25, -0.2) is 4.39 Å². The van der Waals surface area contributed by atoms with Gasteiger partial charge in [-0.05, 0) is 29.7 Å². The van der Waals surface area contributed by atoms with Crippen LogP contribution in [0.15, 0.2) is 48.5 Å². The highest BCUT2D eigenvalue weighted by atomic mass is 19.1. The third kappa shape index (κ3) is 3.28. The highest BCUT2D eigenvalue weighted by Gasteiger charge is 2.12. The molecule has 0 aliphatic heterocycles. The third-order valence-electron chi connectivity index (χ3n) is 3.13. The van der Waals surface area contributed by atoms with E-state index in [1.807, 2.05) is 37.3 Å². The van der Waals surface area contributed by atoms with Gasteiger partial charge in [-0.3, -0.25) is 4.79 Å². The van der Waals surface area contributed by atoms with Gasteiger partial charge in [0.05, 0.1) is 5.56 Å². The Morgan fingerprint density at radius 3 is 2.47 bits per heavy atom. The summed E-state index contributed by atoms with van der Waals surface area (Å²) in [6.07, 6.45) is 2.14. The van der Waals surface area contributed by atoms with Crippen LogP contribution >= 0.6 is 0 Å². The van der Waals surface area contributed by atoms with Crippen molar-refractivity contribution < 1.29 is 9.18 Å². The topological polar surface area (TPSA) is 17.1 Å². The van der Waals surface area contributed by atoms with Crippen LogP contribution in [0.1, 0.15) is 36.5 Å². The molecule has 2 aromatic rings. The molecule has 0 fully saturated rings. The molecule has 0 aliphatic carbocycles. The van der Waals surface area contributed by atoms with Gasteiger partial charge in [0.1, 0.15) is 5.82 Å². The Labute approximate surface area is 113 Å². The van der Waals surface area contributed by atoms with E-state index in [0.29, 0.717) is 6.42 Å². The van der Waals surface area contributed by atoms with Gasteiger partial charge in [0, 0.05) is 6.42 Å². The second-order valence-corrected chi connectivity index (χ2v) is 4.59. The second kappa shape index (κ2) is 6.28. The zero-order valence-electron chi connectivity index (χ0n) is 11.0. The van der Waals surface area contributed by atoms with Crippen molar-refractivity contribution in [3.05, 3.63) is 59.9 Å². The first-order valence-electron chi connectivity index (χ1n) is 6.60. The lowest BCUT2D eigenvalue weighted by molar-refractivity contribution is 0.0976. The van der Waals surface area contributed by atoms with Crippen LogP contribution in [-0.2, 0) is 0 Å². The molecule has 2 rings (SSSR count). The summed E-state index contributed by atoms with van der Waals surface area (Å²) in [6, 6.07) is 14.4. The average molecular weight is 256 g/mol. The van der Waals surface area contributed by atoms with E-state index in [9.17, 15) is 9.18 Å². The maximum Gasteiger partial charge on any atom is 0.165 e. The quantitative estimate of drug-likeness (QED) is 0.698. The van der Waals surface area contributed by atoms with Gasteiger partial charge in [-0.2, -0.15) is 0 Å². The number of hydrogen-bond acceptors (Lipinski definition) is 1. The normalized spacial score (nSPS) is 10.4. The van der Waals surface area contributed by atoms with Gasteiger partial charge in [0.2, 0.25) is 0 Å². The number of benzene rings is 2. The molecule has 0 unspecified atom stereocenters. The molecule has 0 amide bonds. The zero-order chi connectivity index (χ0) is 13.7. The third-order valence-corrected chi connectivity index (χ3v) is 3.13. The largest absolute Gasteiger partial charge is 0.294 e. The summed E-state index contributed by atoms with van der Waals surface area (Å²) in [5.74, 6) is -0.544. The van der Waals surface area contributed by atoms with Gasteiger partial charge >= 0.3 is 0 Å². The van der Waals surface area contributed by atoms with Crippen molar-refractivity contribution in [2.24, 2.45) is 0 Å². The van der Waals surface area contributed by atoms with Gasteiger partial charge in [0.15, 0.2) is 5.78 Å². The maximum atomic E-state index is 13.7. The number of unbranched alkanes of at least 4 members (excludes halogenated alkanes) is 1. The summed E-state index contributed by atoms with van der Waals surface area (Å²) in [7, 11) is 0. The van der Waals surface area contributed by atoms with Gasteiger partial charge in [0.25, 0.3) is 0 Å². The molecule has 1 nitrogen and oxygen atoms in total. The molecule has 0 spiro atoms. The Morgan fingerprint density at radius 2 is 1.79 bits per heavy atom. The fourth-order valence-corrected chi connectivity index (χ4v) is 2.02. The summed E-state index contributed by atoms with van der Waals surface area (Å²) in [5.41, 5.74) is 2.07. The van der Waals surface area contributed by atoms with E-state index < -0.39 is 5.82 Å². The summed E-state index contributed by atoms with van der Waals surface area (Å²) < 4.78 is 13.7. The van der Waals surface area contributed by atoms with E-state index in [1.165, 1.54) is 6.07 Å². The average Bonchev–Trinajstić information content (AvgIpc) is 2.46. The number of carbonyl (C=O) groups excluding carboxylic acids is 1. The van der Waals surface area contributed by atoms with Crippen LogP contribution in [0.5, 0.6) is 0 Å². The molecule has 0 atom stereocenters. The number of hydrogen-bond donors (Lipinski definition) is 0. The maximum absolute atomic E-state index is 13.7. The van der Waals surface area contributed by atoms with E-state index >= 15 is 0 Å². The molecule has 0 heterocycles. The summed E-state index contributed by atoms with van der Waals surface area (Å²) in [6.45, 7) is 2.02. The molecule has 0 saturated carbocycles. The second-order valence-electron chi connectivity index (χ2n) is 4.59. The lowest BCUT2D eigenvalue weighted by Gasteiger charge is -2.06. The number of Topliss-reactive ketones (excluding diaryl/α,β-unsaturated/α-hetero) is 1. The van der Waals surface area contributed by atoms with E-state index in [4.69, 9.17) is 0 Å². The van der Waals surface area contributed by atoms with Crippen molar-refractivity contribution >= 4 is 5.78 Å². The molecule has 98 valence electrons. The zero-order valence-corrected chi connectivity index (χ0v) is 11.0. The van der Waals surface area contributed by atoms with Crippen molar-refractivity contribution in [1.29, 1.82) is 0 Å². The molecule has 0 N–H and O–H groups in total. The van der Waals surface area contributed by atoms with Crippen LogP contribution in [0.2, 0.25) is 0 Å². The summed E-state index contributed by atoms with van der Waals surface area (Å²) in [4.78, 5) is 12.0. The number of halogens is 1. The lowest BCUT2D eigenvalue weighted by Crippen LogP contribution is -2.02. The molecular weight excluding hydrogens is 239 g/mol. The summed E-state index contributed by atoms with van der Waals surface area (Å²) in [5, 5.41) is 0. The van der Waals surface area contributed by atoms with Crippen LogP contribution in [0.4, 0.5) is 4.39 Å². The van der Waals surface area contributed by atoms with Crippen molar-refractivity contribution in [2.75, 3.05) is 0 Å². The van der Waals surface area contributed by atoms with Gasteiger partial charge < -0.3 is 0 Å². The number of rotatable bonds is 5. The Hall–Kier alpha value is -1.96. The predicted molar refractivity (Wildman–Crippen MR) is 75.7 cm³/mol. The Bertz CT molecular complexity index is 561. The molecular formula is C17H17FO. The Balaban J connectivity index is 2.32. The van der Waals surface area contributed by atoms with E-state index in [2.05, 4.69) is 0 Å². The first-order valence-corrected chi connectivity index (χ1v) is 6.60. The van der Waals surface area contributed by atoms with Crippen LogP contribution in [0, 0.1) is 5.82 Å². The highest BCUT2D eigenvalue weighted by molar-refractivity contribution is 5.97. The fourth-order valence-electron chi connectivity index (χ4n) is 2.02. The van der Waals surface area contributed by atoms with E-state index in [1.54, 1.807) is 12.1 Å². The highest BCUT2D eigenvalue weighted by Crippen LogP contribution is 2.23. The molecule has 2 heteroatoms. The van der Waals surface area contributed by atoms with Crippen molar-refractivity contribution in [1.82, 2.24) is 0 Å². The Morgan fingerprint density at radius 1 is 1.05 bits per heavy atom. The standard InChI is InChI=1S/C17H17FO/c1-2-3-9-17(19)15-12-14(10-11-16(15)18)13-7-5-4-6-8-13/h4-8,10-12H,2-3,9H2,1H3. The molecule has 0 bridgehead atoms. The molecule has 0 radical (unpaired) electrons. The molecule has 19 heavy (non-hydrogen) atoms. The Kier molecular flexibility index (Phi) is 4.45. The van der Waals surface area contributed by atoms with Crippen LogP contribution < -0.4 is 0 Å². The molecule has 0 saturated heterocycles. The lowest BCUT2D eigenvalue weighted by atomic mass is 9.99. The number of ketones is 1. The molecule has 0 aromatic heterocycles. The minimum atomic E-state index is -0.430. The van der Waals surface area contributed by atoms with Crippen molar-refractivity contribution in [3.8, 4) is 11.1 Å². The van der Waals surface area contributed by atoms with Gasteiger partial charge in [-0.1, -0.05) is 49.7 Å². The first-order chi connectivity index (χ1) is 9.22. The van der Waals surface area contributed by atoms with Crippen LogP contribution in [-0.4, -0.2) is 5.78 Å². The SMILES string of the molecule is CCCCC(=O)c1cc(-c2ccccc2)ccc1F. The van der Waals surface area contributed by atoms with Crippen molar-refractivity contribution in [3.63, 3.8) is 0 Å². The molecule has 2 aromatic carbocycles. The monoisotopic (exact) mass is 256 g/mol. The predicted octanol–water partition coefficient (Wildman–Crippen LogP) is 4.87. The van der Waals surface area contributed by atoms with E-state index in [0.717, 1.165) is 24.0 Å². The minimum absolute atomic E-state index is 0.114. The fraction of sp³-hybridized carbons (Fsp3) is 0.235. The molecule has 0 aliphatic rings.